The number of likely N-dealkylation sites (tertiary alicyclic amines) is 1. The van der Waals surface area contributed by atoms with E-state index in [0.717, 1.165) is 12.8 Å². The van der Waals surface area contributed by atoms with Crippen LogP contribution in [0.5, 0.6) is 0 Å². The van der Waals surface area contributed by atoms with Gasteiger partial charge in [-0.2, -0.15) is 5.26 Å². The number of carbonyl (C=O) groups is 2. The average Bonchev–Trinajstić information content (AvgIpc) is 2.89. The molecule has 1 N–H and O–H groups in total. The summed E-state index contributed by atoms with van der Waals surface area (Å²) in [7, 11) is 0. The summed E-state index contributed by atoms with van der Waals surface area (Å²) < 4.78 is 5.24. The highest BCUT2D eigenvalue weighted by Gasteiger charge is 2.36. The van der Waals surface area contributed by atoms with Crippen molar-refractivity contribution < 1.29 is 14.3 Å². The van der Waals surface area contributed by atoms with Crippen LogP contribution in [0.25, 0.3) is 0 Å². The van der Waals surface area contributed by atoms with Gasteiger partial charge in [0.2, 0.25) is 5.91 Å². The molecule has 3 atom stereocenters. The monoisotopic (exact) mass is 309 g/mol. The molecule has 1 aliphatic rings. The maximum absolute atomic E-state index is 12.7. The molecule has 22 heavy (non-hydrogen) atoms. The zero-order valence-corrected chi connectivity index (χ0v) is 14.2. The van der Waals surface area contributed by atoms with Gasteiger partial charge in [0.15, 0.2) is 0 Å². The van der Waals surface area contributed by atoms with Crippen molar-refractivity contribution in [2.45, 2.75) is 71.6 Å². The summed E-state index contributed by atoms with van der Waals surface area (Å²) in [6.45, 7) is 9.78. The number of rotatable bonds is 4. The first kappa shape index (κ1) is 18.3. The van der Waals surface area contributed by atoms with E-state index >= 15 is 0 Å². The van der Waals surface area contributed by atoms with Crippen LogP contribution in [0.3, 0.4) is 0 Å². The lowest BCUT2D eigenvalue weighted by Crippen LogP contribution is -2.53. The first-order chi connectivity index (χ1) is 10.2. The molecule has 0 aliphatic carbocycles. The van der Waals surface area contributed by atoms with E-state index in [1.54, 1.807) is 25.7 Å². The molecule has 0 spiro atoms. The van der Waals surface area contributed by atoms with Crippen LogP contribution in [0.1, 0.15) is 53.9 Å². The van der Waals surface area contributed by atoms with Gasteiger partial charge >= 0.3 is 6.09 Å². The van der Waals surface area contributed by atoms with Crippen LogP contribution in [0.15, 0.2) is 0 Å². The molecule has 0 radical (unpaired) electrons. The van der Waals surface area contributed by atoms with E-state index in [2.05, 4.69) is 11.4 Å². The maximum Gasteiger partial charge on any atom is 0.408 e. The molecule has 0 saturated carbocycles. The van der Waals surface area contributed by atoms with Crippen molar-refractivity contribution >= 4 is 12.0 Å². The van der Waals surface area contributed by atoms with E-state index in [0.29, 0.717) is 13.0 Å². The lowest BCUT2D eigenvalue weighted by atomic mass is 9.97. The number of carbonyl (C=O) groups excluding carboxylic acids is 2. The predicted octanol–water partition coefficient (Wildman–Crippen LogP) is 2.44. The Bertz CT molecular complexity index is 451. The normalized spacial score (nSPS) is 20.9. The molecule has 2 amide bonds. The van der Waals surface area contributed by atoms with Gasteiger partial charge in [-0.05, 0) is 39.5 Å². The molecule has 1 fully saturated rings. The first-order valence-electron chi connectivity index (χ1n) is 7.89. The summed E-state index contributed by atoms with van der Waals surface area (Å²) in [5, 5.41) is 11.8. The number of alkyl carbamates (subject to hydrolysis) is 1. The fourth-order valence-corrected chi connectivity index (χ4v) is 2.46. The standard InChI is InChI=1S/C16H27N3O3/c1-6-11(2)13(18-15(21)22-16(3,4)5)14(20)19-9-7-8-12(19)10-17/h11-13H,6-9H2,1-5H3,(H,18,21)/t11?,12-,13?/m0/s1. The second-order valence-electron chi connectivity index (χ2n) is 6.83. The van der Waals surface area contributed by atoms with Crippen molar-refractivity contribution in [3.63, 3.8) is 0 Å². The second kappa shape index (κ2) is 7.48. The van der Waals surface area contributed by atoms with Gasteiger partial charge in [-0.25, -0.2) is 4.79 Å². The largest absolute Gasteiger partial charge is 0.444 e. The van der Waals surface area contributed by atoms with Crippen molar-refractivity contribution in [3.05, 3.63) is 0 Å². The average molecular weight is 309 g/mol. The topological polar surface area (TPSA) is 82.4 Å². The quantitative estimate of drug-likeness (QED) is 0.864. The summed E-state index contributed by atoms with van der Waals surface area (Å²) in [5.74, 6) is -0.218. The van der Waals surface area contributed by atoms with Crippen LogP contribution in [0.2, 0.25) is 0 Å². The molecular weight excluding hydrogens is 282 g/mol. The molecule has 0 aromatic rings. The summed E-state index contributed by atoms with van der Waals surface area (Å²) in [4.78, 5) is 26.3. The third kappa shape index (κ3) is 4.90. The van der Waals surface area contributed by atoms with Gasteiger partial charge in [0.1, 0.15) is 17.7 Å². The highest BCUT2D eigenvalue weighted by molar-refractivity contribution is 5.86. The molecule has 1 rings (SSSR count). The number of nitriles is 1. The lowest BCUT2D eigenvalue weighted by Gasteiger charge is -2.30. The predicted molar refractivity (Wildman–Crippen MR) is 83.0 cm³/mol. The van der Waals surface area contributed by atoms with Crippen molar-refractivity contribution in [1.82, 2.24) is 10.2 Å². The fraction of sp³-hybridized carbons (Fsp3) is 0.812. The Hall–Kier alpha value is -1.77. The Labute approximate surface area is 132 Å². The molecule has 1 heterocycles. The molecule has 1 aliphatic heterocycles. The van der Waals surface area contributed by atoms with E-state index in [9.17, 15) is 9.59 Å². The lowest BCUT2D eigenvalue weighted by molar-refractivity contribution is -0.134. The van der Waals surface area contributed by atoms with Gasteiger partial charge in [0, 0.05) is 6.54 Å². The third-order valence-electron chi connectivity index (χ3n) is 3.84. The van der Waals surface area contributed by atoms with Gasteiger partial charge in [-0.1, -0.05) is 20.3 Å². The van der Waals surface area contributed by atoms with Gasteiger partial charge < -0.3 is 15.0 Å². The minimum Gasteiger partial charge on any atom is -0.444 e. The van der Waals surface area contributed by atoms with Crippen molar-refractivity contribution in [3.8, 4) is 6.07 Å². The number of nitrogens with zero attached hydrogens (tertiary/aromatic N) is 2. The van der Waals surface area contributed by atoms with Crippen LogP contribution < -0.4 is 5.32 Å². The molecule has 1 saturated heterocycles. The summed E-state index contributed by atoms with van der Waals surface area (Å²) >= 11 is 0. The minimum atomic E-state index is -0.659. The maximum atomic E-state index is 12.7. The summed E-state index contributed by atoms with van der Waals surface area (Å²) in [6.07, 6.45) is 1.67. The van der Waals surface area contributed by atoms with Crippen LogP contribution in [-0.4, -0.2) is 41.1 Å². The van der Waals surface area contributed by atoms with E-state index < -0.39 is 17.7 Å². The highest BCUT2D eigenvalue weighted by Crippen LogP contribution is 2.21. The smallest absolute Gasteiger partial charge is 0.408 e. The third-order valence-corrected chi connectivity index (χ3v) is 3.84. The number of ether oxygens (including phenoxy) is 1. The molecule has 2 unspecified atom stereocenters. The molecule has 124 valence electrons. The SMILES string of the molecule is CCC(C)C(NC(=O)OC(C)(C)C)C(=O)N1CCC[C@H]1C#N. The van der Waals surface area contributed by atoms with E-state index in [4.69, 9.17) is 10.00 Å². The minimum absolute atomic E-state index is 0.0278. The van der Waals surface area contributed by atoms with Crippen LogP contribution >= 0.6 is 0 Å². The Morgan fingerprint density at radius 3 is 2.59 bits per heavy atom. The number of nitrogens with one attached hydrogen (secondary N) is 1. The van der Waals surface area contributed by atoms with Crippen LogP contribution in [-0.2, 0) is 9.53 Å². The highest BCUT2D eigenvalue weighted by atomic mass is 16.6. The van der Waals surface area contributed by atoms with E-state index in [1.807, 2.05) is 13.8 Å². The summed E-state index contributed by atoms with van der Waals surface area (Å²) in [5.41, 5.74) is -0.615. The zero-order chi connectivity index (χ0) is 16.9. The van der Waals surface area contributed by atoms with Gasteiger partial charge in [-0.15, -0.1) is 0 Å². The number of hydrogen-bond donors (Lipinski definition) is 1. The molecular formula is C16H27N3O3. The molecule has 0 bridgehead atoms. The van der Waals surface area contributed by atoms with Gasteiger partial charge in [0.25, 0.3) is 0 Å². The van der Waals surface area contributed by atoms with Crippen molar-refractivity contribution in [2.75, 3.05) is 6.54 Å². The van der Waals surface area contributed by atoms with E-state index in [1.165, 1.54) is 0 Å². The molecule has 6 heteroatoms. The van der Waals surface area contributed by atoms with Crippen molar-refractivity contribution in [1.29, 1.82) is 5.26 Å². The molecule has 0 aromatic carbocycles. The van der Waals surface area contributed by atoms with Crippen LogP contribution in [0, 0.1) is 17.2 Å². The zero-order valence-electron chi connectivity index (χ0n) is 14.2. The Balaban J connectivity index is 2.82. The van der Waals surface area contributed by atoms with Gasteiger partial charge in [0.05, 0.1) is 6.07 Å². The Morgan fingerprint density at radius 2 is 2.09 bits per heavy atom. The van der Waals surface area contributed by atoms with Gasteiger partial charge in [-0.3, -0.25) is 4.79 Å². The fourth-order valence-electron chi connectivity index (χ4n) is 2.46. The number of amides is 2. The molecule has 6 nitrogen and oxygen atoms in total. The Morgan fingerprint density at radius 1 is 1.45 bits per heavy atom. The van der Waals surface area contributed by atoms with Crippen molar-refractivity contribution in [2.24, 2.45) is 5.92 Å². The molecule has 0 aromatic heterocycles. The first-order valence-corrected chi connectivity index (χ1v) is 7.89. The Kier molecular flexibility index (Phi) is 6.21. The summed E-state index contributed by atoms with van der Waals surface area (Å²) in [6, 6.07) is 1.11. The second-order valence-corrected chi connectivity index (χ2v) is 6.83. The van der Waals surface area contributed by atoms with E-state index in [-0.39, 0.29) is 17.9 Å². The number of hydrogen-bond acceptors (Lipinski definition) is 4. The van der Waals surface area contributed by atoms with Crippen LogP contribution in [0.4, 0.5) is 4.79 Å².